The molecule has 0 radical (unpaired) electrons. The van der Waals surface area contributed by atoms with Crippen LogP contribution in [0.3, 0.4) is 0 Å². The highest BCUT2D eigenvalue weighted by Crippen LogP contribution is 2.24. The molecule has 0 heterocycles. The van der Waals surface area contributed by atoms with Crippen molar-refractivity contribution in [2.45, 2.75) is 6.61 Å². The van der Waals surface area contributed by atoms with Crippen molar-refractivity contribution >= 4 is 28.3 Å². The monoisotopic (exact) mass is 339 g/mol. The van der Waals surface area contributed by atoms with Gasteiger partial charge in [-0.3, -0.25) is 0 Å². The fourth-order valence-electron chi connectivity index (χ4n) is 1.54. The highest BCUT2D eigenvalue weighted by atomic mass is 127. The molecule has 0 unspecified atom stereocenters. The fraction of sp³-hybridized carbons (Fsp3) is 0.143. The van der Waals surface area contributed by atoms with E-state index in [0.29, 0.717) is 6.61 Å². The van der Waals surface area contributed by atoms with Gasteiger partial charge in [-0.05, 0) is 52.4 Å². The summed E-state index contributed by atoms with van der Waals surface area (Å²) in [4.78, 5) is 0. The Morgan fingerprint density at radius 3 is 2.47 bits per heavy atom. The van der Waals surface area contributed by atoms with Crippen LogP contribution in [0.2, 0.25) is 0 Å². The molecule has 2 aromatic carbocycles. The molecule has 0 fully saturated rings. The van der Waals surface area contributed by atoms with Crippen LogP contribution in [0.25, 0.3) is 0 Å². The molecule has 2 rings (SSSR count). The first-order valence-electron chi connectivity index (χ1n) is 5.43. The largest absolute Gasteiger partial charge is 0.487 e. The van der Waals surface area contributed by atoms with E-state index in [1.807, 2.05) is 31.3 Å². The van der Waals surface area contributed by atoms with Crippen molar-refractivity contribution in [3.8, 4) is 5.75 Å². The molecule has 1 N–H and O–H groups in total. The summed E-state index contributed by atoms with van der Waals surface area (Å²) in [6, 6.07) is 16.3. The second-order valence-electron chi connectivity index (χ2n) is 3.66. The maximum atomic E-state index is 5.79. The number of halogens is 1. The maximum absolute atomic E-state index is 5.79. The van der Waals surface area contributed by atoms with Crippen LogP contribution >= 0.6 is 22.6 Å². The SMILES string of the molecule is CNc1ccccc1OCc1ccc(I)cc1. The lowest BCUT2D eigenvalue weighted by Crippen LogP contribution is -1.98. The number of rotatable bonds is 4. The topological polar surface area (TPSA) is 21.3 Å². The highest BCUT2D eigenvalue weighted by molar-refractivity contribution is 14.1. The Labute approximate surface area is 115 Å². The predicted octanol–water partition coefficient (Wildman–Crippen LogP) is 3.91. The van der Waals surface area contributed by atoms with Crippen LogP contribution in [-0.4, -0.2) is 7.05 Å². The smallest absolute Gasteiger partial charge is 0.142 e. The number of para-hydroxylation sites is 2. The average molecular weight is 339 g/mol. The van der Waals surface area contributed by atoms with E-state index in [2.05, 4.69) is 52.2 Å². The van der Waals surface area contributed by atoms with Gasteiger partial charge in [0.1, 0.15) is 12.4 Å². The molecule has 2 nitrogen and oxygen atoms in total. The molecule has 0 aliphatic carbocycles. The van der Waals surface area contributed by atoms with E-state index in [4.69, 9.17) is 4.74 Å². The van der Waals surface area contributed by atoms with E-state index in [-0.39, 0.29) is 0 Å². The molecule has 0 bridgehead atoms. The Bertz CT molecular complexity index is 482. The zero-order chi connectivity index (χ0) is 12.1. The molecule has 0 atom stereocenters. The van der Waals surface area contributed by atoms with Crippen molar-refractivity contribution in [1.82, 2.24) is 0 Å². The third-order valence-corrected chi connectivity index (χ3v) is 3.18. The second-order valence-corrected chi connectivity index (χ2v) is 4.91. The Hall–Kier alpha value is -1.23. The zero-order valence-corrected chi connectivity index (χ0v) is 11.8. The van der Waals surface area contributed by atoms with E-state index < -0.39 is 0 Å². The molecule has 0 aliphatic rings. The first kappa shape index (κ1) is 12.2. The van der Waals surface area contributed by atoms with Gasteiger partial charge in [0.25, 0.3) is 0 Å². The standard InChI is InChI=1S/C14H14INO/c1-16-13-4-2-3-5-14(13)17-10-11-6-8-12(15)9-7-11/h2-9,16H,10H2,1H3. The summed E-state index contributed by atoms with van der Waals surface area (Å²) >= 11 is 2.30. The van der Waals surface area contributed by atoms with Crippen LogP contribution in [0.1, 0.15) is 5.56 Å². The van der Waals surface area contributed by atoms with E-state index in [1.165, 1.54) is 9.13 Å². The summed E-state index contributed by atoms with van der Waals surface area (Å²) in [6.07, 6.45) is 0. The van der Waals surface area contributed by atoms with Crippen LogP contribution in [0.15, 0.2) is 48.5 Å². The van der Waals surface area contributed by atoms with Gasteiger partial charge in [0.2, 0.25) is 0 Å². The van der Waals surface area contributed by atoms with Gasteiger partial charge in [-0.25, -0.2) is 0 Å². The summed E-state index contributed by atoms with van der Waals surface area (Å²) in [5.74, 6) is 0.883. The van der Waals surface area contributed by atoms with Crippen LogP contribution in [0.4, 0.5) is 5.69 Å². The van der Waals surface area contributed by atoms with Crippen molar-refractivity contribution in [3.05, 3.63) is 57.7 Å². The Kier molecular flexibility index (Phi) is 4.25. The molecule has 0 amide bonds. The van der Waals surface area contributed by atoms with Gasteiger partial charge >= 0.3 is 0 Å². The first-order valence-corrected chi connectivity index (χ1v) is 6.51. The van der Waals surface area contributed by atoms with Gasteiger partial charge in [-0.2, -0.15) is 0 Å². The Balaban J connectivity index is 2.04. The second kappa shape index (κ2) is 5.91. The molecule has 0 saturated heterocycles. The summed E-state index contributed by atoms with van der Waals surface area (Å²) < 4.78 is 7.03. The molecule has 2 aromatic rings. The van der Waals surface area contributed by atoms with Gasteiger partial charge in [-0.15, -0.1) is 0 Å². The summed E-state index contributed by atoms with van der Waals surface area (Å²) in [6.45, 7) is 0.593. The molecule has 88 valence electrons. The quantitative estimate of drug-likeness (QED) is 0.853. The number of benzene rings is 2. The van der Waals surface area contributed by atoms with Crippen molar-refractivity contribution in [2.24, 2.45) is 0 Å². The molecule has 0 aromatic heterocycles. The summed E-state index contributed by atoms with van der Waals surface area (Å²) in [5, 5.41) is 3.11. The summed E-state index contributed by atoms with van der Waals surface area (Å²) in [5.41, 5.74) is 2.19. The lowest BCUT2D eigenvalue weighted by molar-refractivity contribution is 0.308. The number of nitrogens with one attached hydrogen (secondary N) is 1. The molecular formula is C14H14INO. The minimum atomic E-state index is 0.593. The van der Waals surface area contributed by atoms with E-state index in [1.54, 1.807) is 0 Å². The van der Waals surface area contributed by atoms with Gasteiger partial charge in [0.05, 0.1) is 5.69 Å². The van der Waals surface area contributed by atoms with Crippen molar-refractivity contribution in [2.75, 3.05) is 12.4 Å². The molecule has 0 spiro atoms. The minimum absolute atomic E-state index is 0.593. The van der Waals surface area contributed by atoms with Gasteiger partial charge in [-0.1, -0.05) is 24.3 Å². The minimum Gasteiger partial charge on any atom is -0.487 e. The number of hydrogen-bond acceptors (Lipinski definition) is 2. The fourth-order valence-corrected chi connectivity index (χ4v) is 1.90. The lowest BCUT2D eigenvalue weighted by Gasteiger charge is -2.10. The molecular weight excluding hydrogens is 325 g/mol. The summed E-state index contributed by atoms with van der Waals surface area (Å²) in [7, 11) is 1.90. The van der Waals surface area contributed by atoms with E-state index >= 15 is 0 Å². The third kappa shape index (κ3) is 3.36. The lowest BCUT2D eigenvalue weighted by atomic mass is 10.2. The Morgan fingerprint density at radius 2 is 1.76 bits per heavy atom. The van der Waals surface area contributed by atoms with Gasteiger partial charge in [0.15, 0.2) is 0 Å². The molecule has 17 heavy (non-hydrogen) atoms. The van der Waals surface area contributed by atoms with Crippen LogP contribution < -0.4 is 10.1 Å². The number of hydrogen-bond donors (Lipinski definition) is 1. The van der Waals surface area contributed by atoms with Crippen molar-refractivity contribution < 1.29 is 4.74 Å². The maximum Gasteiger partial charge on any atom is 0.142 e. The average Bonchev–Trinajstić information content (AvgIpc) is 2.38. The molecule has 3 heteroatoms. The van der Waals surface area contributed by atoms with Crippen LogP contribution in [0.5, 0.6) is 5.75 Å². The number of anilines is 1. The van der Waals surface area contributed by atoms with Crippen LogP contribution in [0, 0.1) is 3.57 Å². The van der Waals surface area contributed by atoms with E-state index in [0.717, 1.165) is 11.4 Å². The molecule has 0 aliphatic heterocycles. The van der Waals surface area contributed by atoms with Gasteiger partial charge < -0.3 is 10.1 Å². The normalized spacial score (nSPS) is 10.0. The zero-order valence-electron chi connectivity index (χ0n) is 9.61. The van der Waals surface area contributed by atoms with Crippen molar-refractivity contribution in [1.29, 1.82) is 0 Å². The van der Waals surface area contributed by atoms with Gasteiger partial charge in [0, 0.05) is 10.6 Å². The first-order chi connectivity index (χ1) is 8.29. The molecule has 0 saturated carbocycles. The third-order valence-electron chi connectivity index (χ3n) is 2.46. The Morgan fingerprint density at radius 1 is 1.06 bits per heavy atom. The highest BCUT2D eigenvalue weighted by Gasteiger charge is 2.00. The van der Waals surface area contributed by atoms with Crippen LogP contribution in [-0.2, 0) is 6.61 Å². The van der Waals surface area contributed by atoms with E-state index in [9.17, 15) is 0 Å². The number of ether oxygens (including phenoxy) is 1. The van der Waals surface area contributed by atoms with Crippen molar-refractivity contribution in [3.63, 3.8) is 0 Å². The predicted molar refractivity (Wildman–Crippen MR) is 79.5 cm³/mol.